The fourth-order valence-corrected chi connectivity index (χ4v) is 3.50. The number of nitrogens with one attached hydrogen (secondary N) is 1. The average Bonchev–Trinajstić information content (AvgIpc) is 2.71. The van der Waals surface area contributed by atoms with Crippen LogP contribution in [0.1, 0.15) is 61.3 Å². The number of carbonyl (C=O) groups excluding carboxylic acids is 1. The van der Waals surface area contributed by atoms with Gasteiger partial charge < -0.3 is 14.0 Å². The Morgan fingerprint density at radius 3 is 2.35 bits per heavy atom. The Kier molecular flexibility index (Phi) is 6.75. The molecule has 2 saturated heterocycles. The molecule has 0 aromatic rings. The molecule has 2 fully saturated rings. The molecule has 2 aliphatic rings. The minimum absolute atomic E-state index is 0.0832. The summed E-state index contributed by atoms with van der Waals surface area (Å²) in [4.78, 5) is 14.4. The van der Waals surface area contributed by atoms with E-state index in [2.05, 4.69) is 48.9 Å². The van der Waals surface area contributed by atoms with Gasteiger partial charge in [0.15, 0.2) is 0 Å². The standard InChI is InChI=1S/C18H34BBrN2O4/c1-16(2,3)24-15(23)22-11-8-13(12-14(22)21-10-9-20)19-25-17(4,5)18(6,7)26-19/h13-14,21H,8-12H2,1-7H3. The molecular formula is C18H34BBrN2O4. The number of alkyl halides is 1. The van der Waals surface area contributed by atoms with Crippen LogP contribution in [-0.2, 0) is 14.0 Å². The van der Waals surface area contributed by atoms with Gasteiger partial charge in [-0.3, -0.25) is 10.2 Å². The summed E-state index contributed by atoms with van der Waals surface area (Å²) in [5.74, 6) is 0.238. The lowest BCUT2D eigenvalue weighted by Crippen LogP contribution is -2.55. The number of rotatable bonds is 4. The minimum atomic E-state index is -0.500. The van der Waals surface area contributed by atoms with Gasteiger partial charge in [0.2, 0.25) is 0 Å². The van der Waals surface area contributed by atoms with Gasteiger partial charge in [-0.1, -0.05) is 15.9 Å². The van der Waals surface area contributed by atoms with E-state index in [1.807, 2.05) is 20.8 Å². The second-order valence-corrected chi connectivity index (χ2v) is 10.0. The molecule has 0 radical (unpaired) electrons. The molecule has 6 nitrogen and oxygen atoms in total. The highest BCUT2D eigenvalue weighted by atomic mass is 79.9. The summed E-state index contributed by atoms with van der Waals surface area (Å²) in [6.45, 7) is 15.4. The quantitative estimate of drug-likeness (QED) is 0.540. The Hall–Kier alpha value is -0.305. The molecular weight excluding hydrogens is 399 g/mol. The molecule has 150 valence electrons. The van der Waals surface area contributed by atoms with Crippen LogP contribution in [0.3, 0.4) is 0 Å². The molecule has 0 bridgehead atoms. The summed E-state index contributed by atoms with van der Waals surface area (Å²) in [6, 6.07) is 0. The maximum absolute atomic E-state index is 12.6. The van der Waals surface area contributed by atoms with Crippen molar-refractivity contribution in [2.45, 2.75) is 90.1 Å². The first-order valence-electron chi connectivity index (χ1n) is 9.51. The number of ether oxygens (including phenoxy) is 1. The molecule has 1 N–H and O–H groups in total. The normalized spacial score (nSPS) is 28.3. The zero-order valence-corrected chi connectivity index (χ0v) is 18.8. The molecule has 0 aromatic heterocycles. The number of hydrogen-bond donors (Lipinski definition) is 1. The number of carbonyl (C=O) groups is 1. The largest absolute Gasteiger partial charge is 0.461 e. The molecule has 0 aliphatic carbocycles. The van der Waals surface area contributed by atoms with E-state index in [0.29, 0.717) is 6.54 Å². The SMILES string of the molecule is CC(C)(C)OC(=O)N1CCC(B2OC(C)(C)C(C)(C)O2)CC1NCCBr. The van der Waals surface area contributed by atoms with E-state index in [9.17, 15) is 4.79 Å². The number of amides is 1. The van der Waals surface area contributed by atoms with Crippen LogP contribution in [-0.4, -0.2) is 59.5 Å². The van der Waals surface area contributed by atoms with Gasteiger partial charge in [0.05, 0.1) is 17.4 Å². The summed E-state index contributed by atoms with van der Waals surface area (Å²) in [7, 11) is -0.242. The summed E-state index contributed by atoms with van der Waals surface area (Å²) < 4.78 is 18.1. The van der Waals surface area contributed by atoms with Crippen molar-refractivity contribution in [1.29, 1.82) is 0 Å². The Labute approximate surface area is 167 Å². The molecule has 26 heavy (non-hydrogen) atoms. The van der Waals surface area contributed by atoms with E-state index in [0.717, 1.165) is 24.7 Å². The molecule has 1 amide bonds. The van der Waals surface area contributed by atoms with Gasteiger partial charge in [-0.25, -0.2) is 4.79 Å². The van der Waals surface area contributed by atoms with Crippen molar-refractivity contribution in [3.8, 4) is 0 Å². The van der Waals surface area contributed by atoms with E-state index in [1.165, 1.54) is 0 Å². The highest BCUT2D eigenvalue weighted by Gasteiger charge is 2.54. The van der Waals surface area contributed by atoms with Crippen LogP contribution in [0.4, 0.5) is 4.79 Å². The number of nitrogens with zero attached hydrogens (tertiary/aromatic N) is 1. The molecule has 2 atom stereocenters. The second-order valence-electron chi connectivity index (χ2n) is 9.24. The Morgan fingerprint density at radius 2 is 1.85 bits per heavy atom. The summed E-state index contributed by atoms with van der Waals surface area (Å²) in [6.07, 6.45) is 1.27. The van der Waals surface area contributed by atoms with Crippen molar-refractivity contribution in [3.63, 3.8) is 0 Å². The van der Waals surface area contributed by atoms with Gasteiger partial charge in [0.1, 0.15) is 5.60 Å². The van der Waals surface area contributed by atoms with Crippen molar-refractivity contribution in [1.82, 2.24) is 10.2 Å². The van der Waals surface area contributed by atoms with E-state index >= 15 is 0 Å². The van der Waals surface area contributed by atoms with Gasteiger partial charge in [-0.2, -0.15) is 0 Å². The Balaban J connectivity index is 2.06. The van der Waals surface area contributed by atoms with Gasteiger partial charge in [-0.05, 0) is 67.1 Å². The first-order chi connectivity index (χ1) is 11.9. The van der Waals surface area contributed by atoms with E-state index in [-0.39, 0.29) is 36.4 Å². The minimum Gasteiger partial charge on any atom is -0.444 e. The van der Waals surface area contributed by atoms with E-state index < -0.39 is 5.60 Å². The summed E-state index contributed by atoms with van der Waals surface area (Å²) in [5.41, 5.74) is -1.17. The maximum Gasteiger partial charge on any atom is 0.461 e. The molecule has 2 rings (SSSR count). The summed E-state index contributed by atoms with van der Waals surface area (Å²) in [5, 5.41) is 4.28. The third kappa shape index (κ3) is 5.15. The van der Waals surface area contributed by atoms with Crippen molar-refractivity contribution in [2.24, 2.45) is 0 Å². The van der Waals surface area contributed by atoms with Crippen LogP contribution in [0.2, 0.25) is 5.82 Å². The van der Waals surface area contributed by atoms with E-state index in [1.54, 1.807) is 4.90 Å². The second kappa shape index (κ2) is 7.98. The molecule has 8 heteroatoms. The topological polar surface area (TPSA) is 60.0 Å². The summed E-state index contributed by atoms with van der Waals surface area (Å²) >= 11 is 3.45. The first-order valence-corrected chi connectivity index (χ1v) is 10.6. The fraction of sp³-hybridized carbons (Fsp3) is 0.944. The lowest BCUT2D eigenvalue weighted by molar-refractivity contribution is 0.00453. The van der Waals surface area contributed by atoms with Crippen LogP contribution in [0.5, 0.6) is 0 Å². The third-order valence-electron chi connectivity index (χ3n) is 5.40. The lowest BCUT2D eigenvalue weighted by Gasteiger charge is -2.40. The molecule has 2 aliphatic heterocycles. The lowest BCUT2D eigenvalue weighted by atomic mass is 9.66. The van der Waals surface area contributed by atoms with Gasteiger partial charge >= 0.3 is 13.2 Å². The van der Waals surface area contributed by atoms with Gasteiger partial charge in [0.25, 0.3) is 0 Å². The number of hydrogen-bond acceptors (Lipinski definition) is 5. The Bertz CT molecular complexity index is 494. The van der Waals surface area contributed by atoms with Crippen LogP contribution >= 0.6 is 15.9 Å². The maximum atomic E-state index is 12.6. The van der Waals surface area contributed by atoms with Crippen molar-refractivity contribution in [2.75, 3.05) is 18.4 Å². The first kappa shape index (κ1) is 22.0. The van der Waals surface area contributed by atoms with Crippen molar-refractivity contribution >= 4 is 29.1 Å². The predicted molar refractivity (Wildman–Crippen MR) is 108 cm³/mol. The van der Waals surface area contributed by atoms with Gasteiger partial charge in [0, 0.05) is 18.4 Å². The molecule has 2 unspecified atom stereocenters. The predicted octanol–water partition coefficient (Wildman–Crippen LogP) is 3.79. The smallest absolute Gasteiger partial charge is 0.444 e. The fourth-order valence-electron chi connectivity index (χ4n) is 3.27. The number of likely N-dealkylation sites (tertiary alicyclic amines) is 1. The molecule has 2 heterocycles. The average molecular weight is 433 g/mol. The van der Waals surface area contributed by atoms with E-state index in [4.69, 9.17) is 14.0 Å². The van der Waals surface area contributed by atoms with Gasteiger partial charge in [-0.15, -0.1) is 0 Å². The van der Waals surface area contributed by atoms with Crippen LogP contribution in [0.25, 0.3) is 0 Å². The van der Waals surface area contributed by atoms with Crippen molar-refractivity contribution < 1.29 is 18.8 Å². The highest BCUT2D eigenvalue weighted by molar-refractivity contribution is 9.09. The molecule has 0 aromatic carbocycles. The molecule has 0 spiro atoms. The zero-order chi connectivity index (χ0) is 19.8. The third-order valence-corrected chi connectivity index (χ3v) is 5.80. The van der Waals surface area contributed by atoms with Crippen molar-refractivity contribution in [3.05, 3.63) is 0 Å². The van der Waals surface area contributed by atoms with Crippen LogP contribution in [0.15, 0.2) is 0 Å². The highest BCUT2D eigenvalue weighted by Crippen LogP contribution is 2.43. The van der Waals surface area contributed by atoms with Crippen LogP contribution < -0.4 is 5.32 Å². The number of halogens is 1. The van der Waals surface area contributed by atoms with Crippen LogP contribution in [0, 0.1) is 0 Å². The monoisotopic (exact) mass is 432 g/mol. The molecule has 0 saturated carbocycles. The Morgan fingerprint density at radius 1 is 1.27 bits per heavy atom. The number of piperidine rings is 1. The zero-order valence-electron chi connectivity index (χ0n) is 17.2.